The first-order valence-corrected chi connectivity index (χ1v) is 10.0. The summed E-state index contributed by atoms with van der Waals surface area (Å²) in [6, 6.07) is 8.57. The van der Waals surface area contributed by atoms with Crippen LogP contribution in [-0.2, 0) is 0 Å². The Balaban J connectivity index is 1.77. The lowest BCUT2D eigenvalue weighted by atomic mass is 10.1. The van der Waals surface area contributed by atoms with Gasteiger partial charge in [0, 0.05) is 44.8 Å². The molecule has 0 N–H and O–H groups in total. The summed E-state index contributed by atoms with van der Waals surface area (Å²) in [4.78, 5) is 5.24. The highest BCUT2D eigenvalue weighted by atomic mass is 32.2. The number of hydrogen-bond donors (Lipinski definition) is 0. The summed E-state index contributed by atoms with van der Waals surface area (Å²) in [5.74, 6) is 0. The molecule has 0 saturated heterocycles. The lowest BCUT2D eigenvalue weighted by Gasteiger charge is -2.15. The predicted molar refractivity (Wildman–Crippen MR) is 107 cm³/mol. The molecule has 0 radical (unpaired) electrons. The van der Waals surface area contributed by atoms with Gasteiger partial charge in [-0.3, -0.25) is 0 Å². The topological polar surface area (TPSA) is 24.7 Å². The Morgan fingerprint density at radius 1 is 0.591 bits per heavy atom. The van der Waals surface area contributed by atoms with Gasteiger partial charge in [-0.05, 0) is 37.5 Å². The smallest absolute Gasteiger partial charge is 0.116 e. The van der Waals surface area contributed by atoms with Crippen LogP contribution in [0.5, 0.6) is 0 Å². The van der Waals surface area contributed by atoms with E-state index in [4.69, 9.17) is 0 Å². The largest absolute Gasteiger partial charge is 0.204 e. The first-order valence-electron chi connectivity index (χ1n) is 6.86. The first kappa shape index (κ1) is 16.3. The summed E-state index contributed by atoms with van der Waals surface area (Å²) < 4.78 is 9.17. The van der Waals surface area contributed by atoms with E-state index in [0.29, 0.717) is 0 Å². The zero-order valence-corrected chi connectivity index (χ0v) is 16.1. The lowest BCUT2D eigenvalue weighted by Crippen LogP contribution is -2.02. The molecule has 0 atom stereocenters. The average Bonchev–Trinajstić information content (AvgIpc) is 2.53. The van der Waals surface area contributed by atoms with Crippen LogP contribution in [-0.4, -0.2) is 10.1 Å². The van der Waals surface area contributed by atoms with Crippen molar-refractivity contribution in [2.75, 3.05) is 0 Å². The maximum Gasteiger partial charge on any atom is 0.116 e. The van der Waals surface area contributed by atoms with Crippen molar-refractivity contribution in [1.29, 1.82) is 0 Å². The van der Waals surface area contributed by atoms with Crippen molar-refractivity contribution in [3.63, 3.8) is 0 Å². The molecule has 22 heavy (non-hydrogen) atoms. The molecule has 114 valence electrons. The van der Waals surface area contributed by atoms with E-state index < -0.39 is 0 Å². The van der Waals surface area contributed by atoms with Crippen LogP contribution in [0.1, 0.15) is 38.8 Å². The number of nitrogens with zero attached hydrogens (tertiary/aromatic N) is 2. The molecule has 0 bridgehead atoms. The Kier molecular flexibility index (Phi) is 5.12. The Morgan fingerprint density at radius 3 is 1.27 bits per heavy atom. The SMILES string of the molecule is CC1=C(C)SC(c2ccc(C3=NSC(C)=C(C)S3)cc2)=NS1. The van der Waals surface area contributed by atoms with Gasteiger partial charge in [0.2, 0.25) is 0 Å². The van der Waals surface area contributed by atoms with E-state index in [1.165, 1.54) is 30.7 Å². The molecule has 2 nitrogen and oxygen atoms in total. The number of rotatable bonds is 2. The van der Waals surface area contributed by atoms with Crippen molar-refractivity contribution < 1.29 is 0 Å². The molecule has 0 aliphatic carbocycles. The lowest BCUT2D eigenvalue weighted by molar-refractivity contribution is 1.54. The third-order valence-corrected chi connectivity index (χ3v) is 7.86. The van der Waals surface area contributed by atoms with Gasteiger partial charge in [-0.1, -0.05) is 47.8 Å². The molecule has 0 fully saturated rings. The fourth-order valence-corrected chi connectivity index (χ4v) is 5.08. The van der Waals surface area contributed by atoms with E-state index in [0.717, 1.165) is 10.1 Å². The fourth-order valence-electron chi connectivity index (χ4n) is 1.80. The van der Waals surface area contributed by atoms with Crippen LogP contribution in [0.25, 0.3) is 0 Å². The zero-order chi connectivity index (χ0) is 15.7. The van der Waals surface area contributed by atoms with Crippen LogP contribution in [0.15, 0.2) is 52.7 Å². The van der Waals surface area contributed by atoms with E-state index >= 15 is 0 Å². The van der Waals surface area contributed by atoms with E-state index in [1.54, 1.807) is 47.4 Å². The van der Waals surface area contributed by atoms with Crippen molar-refractivity contribution in [3.8, 4) is 0 Å². The highest BCUT2D eigenvalue weighted by Crippen LogP contribution is 2.38. The van der Waals surface area contributed by atoms with Crippen LogP contribution in [0.3, 0.4) is 0 Å². The molecule has 2 aliphatic rings. The normalized spacial score (nSPS) is 19.3. The molecule has 1 aromatic rings. The molecule has 0 spiro atoms. The van der Waals surface area contributed by atoms with Gasteiger partial charge in [0.25, 0.3) is 0 Å². The highest BCUT2D eigenvalue weighted by Gasteiger charge is 2.16. The molecular formula is C16H16N2S4. The minimum atomic E-state index is 1.08. The van der Waals surface area contributed by atoms with Crippen LogP contribution in [0.4, 0.5) is 0 Å². The molecule has 2 heterocycles. The van der Waals surface area contributed by atoms with Crippen molar-refractivity contribution >= 4 is 57.5 Å². The van der Waals surface area contributed by atoms with Gasteiger partial charge in [-0.25, -0.2) is 8.80 Å². The van der Waals surface area contributed by atoms with Crippen molar-refractivity contribution in [2.24, 2.45) is 8.80 Å². The maximum atomic E-state index is 4.59. The Morgan fingerprint density at radius 2 is 0.955 bits per heavy atom. The molecule has 1 aromatic carbocycles. The second kappa shape index (κ2) is 6.91. The summed E-state index contributed by atoms with van der Waals surface area (Å²) in [5.41, 5.74) is 2.34. The number of thioether (sulfide) groups is 2. The number of hydrogen-bond acceptors (Lipinski definition) is 6. The molecule has 3 rings (SSSR count). The fraction of sp³-hybridized carbons (Fsp3) is 0.250. The van der Waals surface area contributed by atoms with Gasteiger partial charge in [-0.2, -0.15) is 0 Å². The summed E-state index contributed by atoms with van der Waals surface area (Å²) in [6.07, 6.45) is 0. The quantitative estimate of drug-likeness (QED) is 0.561. The van der Waals surface area contributed by atoms with Gasteiger partial charge >= 0.3 is 0 Å². The summed E-state index contributed by atoms with van der Waals surface area (Å²) in [5, 5.41) is 2.17. The third kappa shape index (κ3) is 3.50. The minimum absolute atomic E-state index is 1.08. The third-order valence-electron chi connectivity index (χ3n) is 3.40. The molecule has 0 amide bonds. The zero-order valence-electron chi connectivity index (χ0n) is 12.8. The average molecular weight is 365 g/mol. The van der Waals surface area contributed by atoms with Crippen molar-refractivity contribution in [1.82, 2.24) is 0 Å². The Labute approximate surface area is 148 Å². The maximum absolute atomic E-state index is 4.59. The molecule has 0 aromatic heterocycles. The van der Waals surface area contributed by atoms with Gasteiger partial charge in [-0.15, -0.1) is 0 Å². The summed E-state index contributed by atoms with van der Waals surface area (Å²) in [6.45, 7) is 8.53. The Bertz CT molecular complexity index is 664. The second-order valence-electron chi connectivity index (χ2n) is 4.98. The number of allylic oxidation sites excluding steroid dienone is 4. The van der Waals surface area contributed by atoms with Gasteiger partial charge in [0.05, 0.1) is 0 Å². The summed E-state index contributed by atoms with van der Waals surface area (Å²) >= 11 is 6.65. The van der Waals surface area contributed by atoms with Crippen LogP contribution < -0.4 is 0 Å². The van der Waals surface area contributed by atoms with E-state index in [-0.39, 0.29) is 0 Å². The first-order chi connectivity index (χ1) is 10.5. The van der Waals surface area contributed by atoms with Gasteiger partial charge in [0.1, 0.15) is 10.1 Å². The highest BCUT2D eigenvalue weighted by molar-refractivity contribution is 8.20. The predicted octanol–water partition coefficient (Wildman–Crippen LogP) is 6.47. The second-order valence-corrected chi connectivity index (χ2v) is 9.34. The van der Waals surface area contributed by atoms with Crippen molar-refractivity contribution in [3.05, 3.63) is 55.0 Å². The molecule has 0 unspecified atom stereocenters. The van der Waals surface area contributed by atoms with Crippen LogP contribution in [0.2, 0.25) is 0 Å². The molecule has 0 saturated carbocycles. The minimum Gasteiger partial charge on any atom is -0.204 e. The standard InChI is InChI=1S/C16H16N2S4/c1-9-11(3)21-17-15(19-9)13-5-7-14(8-6-13)16-18-22-12(4)10(2)20-16/h5-8H,1-4H3. The summed E-state index contributed by atoms with van der Waals surface area (Å²) in [7, 11) is 0. The molecule has 2 aliphatic heterocycles. The molecular weight excluding hydrogens is 348 g/mol. The van der Waals surface area contributed by atoms with E-state index in [2.05, 4.69) is 60.8 Å². The molecule has 6 heteroatoms. The van der Waals surface area contributed by atoms with Gasteiger partial charge < -0.3 is 0 Å². The van der Waals surface area contributed by atoms with Gasteiger partial charge in [0.15, 0.2) is 0 Å². The number of benzene rings is 1. The van der Waals surface area contributed by atoms with E-state index in [1.807, 2.05) is 0 Å². The van der Waals surface area contributed by atoms with Crippen LogP contribution >= 0.6 is 47.4 Å². The van der Waals surface area contributed by atoms with Crippen molar-refractivity contribution in [2.45, 2.75) is 27.7 Å². The van der Waals surface area contributed by atoms with Crippen LogP contribution in [0, 0.1) is 0 Å². The monoisotopic (exact) mass is 364 g/mol. The Hall–Kier alpha value is -0.560. The van der Waals surface area contributed by atoms with E-state index in [9.17, 15) is 0 Å².